The van der Waals surface area contributed by atoms with E-state index in [1.165, 1.54) is 13.2 Å². The predicted molar refractivity (Wildman–Crippen MR) is 110 cm³/mol. The van der Waals surface area contributed by atoms with Crippen LogP contribution in [0.5, 0.6) is 11.5 Å². The lowest BCUT2D eigenvalue weighted by Crippen LogP contribution is -2.25. The Balaban J connectivity index is 2.15. The Labute approximate surface area is 172 Å². The number of nitrogens with zero attached hydrogens (tertiary/aromatic N) is 1. The lowest BCUT2D eigenvalue weighted by Gasteiger charge is -2.20. The van der Waals surface area contributed by atoms with Gasteiger partial charge in [-0.25, -0.2) is 0 Å². The number of imide groups is 1. The maximum atomic E-state index is 12.9. The second-order valence-corrected chi connectivity index (χ2v) is 7.12. The Morgan fingerprint density at radius 3 is 2.45 bits per heavy atom. The van der Waals surface area contributed by atoms with E-state index < -0.39 is 17.4 Å². The standard InChI is InChI=1S/C20H14BrN3O5/c1-29-13-7-6-11(21)17(15(13)9-4-2-3-5-12(9)25)24-14(26)8-10-16(18(24)22)20(28)23-19(10)27/h2-8,25H,22H2,1H3,(H,23,27,28). The number of aromatic nitrogens is 1. The summed E-state index contributed by atoms with van der Waals surface area (Å²) in [6.07, 6.45) is 0. The number of ether oxygens (including phenoxy) is 1. The maximum absolute atomic E-state index is 12.9. The van der Waals surface area contributed by atoms with Crippen molar-refractivity contribution >= 4 is 33.6 Å². The van der Waals surface area contributed by atoms with Gasteiger partial charge in [0.2, 0.25) is 0 Å². The minimum Gasteiger partial charge on any atom is -0.507 e. The molecule has 0 spiro atoms. The van der Waals surface area contributed by atoms with Crippen molar-refractivity contribution in [1.82, 2.24) is 9.88 Å². The minimum atomic E-state index is -0.681. The van der Waals surface area contributed by atoms with Gasteiger partial charge in [-0.2, -0.15) is 0 Å². The van der Waals surface area contributed by atoms with Crippen molar-refractivity contribution in [3.8, 4) is 28.3 Å². The third-order valence-corrected chi connectivity index (χ3v) is 5.30. The van der Waals surface area contributed by atoms with E-state index in [4.69, 9.17) is 10.5 Å². The zero-order valence-corrected chi connectivity index (χ0v) is 16.6. The third-order valence-electron chi connectivity index (χ3n) is 4.66. The van der Waals surface area contributed by atoms with Gasteiger partial charge < -0.3 is 15.6 Å². The highest BCUT2D eigenvalue weighted by molar-refractivity contribution is 9.10. The molecule has 0 radical (unpaired) electrons. The second-order valence-electron chi connectivity index (χ2n) is 6.27. The fraction of sp³-hybridized carbons (Fsp3) is 0.0500. The number of carbonyl (C=O) groups excluding carboxylic acids is 2. The van der Waals surface area contributed by atoms with Gasteiger partial charge in [0.1, 0.15) is 17.3 Å². The van der Waals surface area contributed by atoms with Gasteiger partial charge in [0.05, 0.1) is 29.5 Å². The first-order valence-electron chi connectivity index (χ1n) is 8.41. The Kier molecular flexibility index (Phi) is 4.39. The van der Waals surface area contributed by atoms with Crippen molar-refractivity contribution in [2.24, 2.45) is 0 Å². The van der Waals surface area contributed by atoms with Gasteiger partial charge in [0.15, 0.2) is 0 Å². The van der Waals surface area contributed by atoms with Crippen LogP contribution in [0.3, 0.4) is 0 Å². The normalized spacial score (nSPS) is 12.6. The number of nitrogen functional groups attached to an aromatic ring is 1. The molecule has 2 amide bonds. The van der Waals surface area contributed by atoms with E-state index in [2.05, 4.69) is 21.2 Å². The van der Waals surface area contributed by atoms with E-state index in [9.17, 15) is 19.5 Å². The molecule has 0 saturated heterocycles. The molecule has 29 heavy (non-hydrogen) atoms. The lowest BCUT2D eigenvalue weighted by molar-refractivity contribution is 0.0880. The highest BCUT2D eigenvalue weighted by Gasteiger charge is 2.33. The molecule has 0 atom stereocenters. The summed E-state index contributed by atoms with van der Waals surface area (Å²) < 4.78 is 7.05. The maximum Gasteiger partial charge on any atom is 0.262 e. The molecule has 8 nitrogen and oxygen atoms in total. The van der Waals surface area contributed by atoms with Gasteiger partial charge in [-0.05, 0) is 34.1 Å². The molecule has 2 aromatic carbocycles. The summed E-state index contributed by atoms with van der Waals surface area (Å²) in [7, 11) is 1.46. The van der Waals surface area contributed by atoms with Crippen LogP contribution in [0, 0.1) is 0 Å². The number of nitrogens with two attached hydrogens (primary N) is 1. The summed E-state index contributed by atoms with van der Waals surface area (Å²) in [6.45, 7) is 0. The molecular formula is C20H14BrN3O5. The predicted octanol–water partition coefficient (Wildman–Crippen LogP) is 2.45. The number of methoxy groups -OCH3 is 1. The number of phenolic OH excluding ortho intramolecular Hbond substituents is 1. The van der Waals surface area contributed by atoms with E-state index in [0.29, 0.717) is 21.3 Å². The van der Waals surface area contributed by atoms with E-state index >= 15 is 0 Å². The largest absolute Gasteiger partial charge is 0.507 e. The molecule has 1 aliphatic rings. The molecule has 3 aromatic rings. The third kappa shape index (κ3) is 2.78. The number of halogens is 1. The summed E-state index contributed by atoms with van der Waals surface area (Å²) in [6, 6.07) is 10.9. The van der Waals surface area contributed by atoms with Crippen LogP contribution in [-0.2, 0) is 0 Å². The molecule has 0 saturated carbocycles. The number of fused-ring (bicyclic) bond motifs is 1. The molecule has 4 rings (SSSR count). The lowest BCUT2D eigenvalue weighted by atomic mass is 10.0. The number of anilines is 1. The summed E-state index contributed by atoms with van der Waals surface area (Å²) >= 11 is 3.43. The van der Waals surface area contributed by atoms with E-state index in [1.807, 2.05) is 0 Å². The molecule has 9 heteroatoms. The van der Waals surface area contributed by atoms with Crippen molar-refractivity contribution in [3.05, 3.63) is 68.4 Å². The van der Waals surface area contributed by atoms with E-state index in [-0.39, 0.29) is 28.4 Å². The number of pyridine rings is 1. The fourth-order valence-corrected chi connectivity index (χ4v) is 3.90. The summed E-state index contributed by atoms with van der Waals surface area (Å²) in [5.74, 6) is -1.21. The molecule has 0 unspecified atom stereocenters. The van der Waals surface area contributed by atoms with Crippen molar-refractivity contribution in [3.63, 3.8) is 0 Å². The van der Waals surface area contributed by atoms with E-state index in [1.54, 1.807) is 30.3 Å². The Hall–Kier alpha value is -3.59. The number of nitrogens with one attached hydrogen (secondary N) is 1. The monoisotopic (exact) mass is 455 g/mol. The molecule has 4 N–H and O–H groups in total. The average molecular weight is 456 g/mol. The number of amides is 2. The number of benzene rings is 2. The first-order valence-corrected chi connectivity index (χ1v) is 9.21. The SMILES string of the molecule is COc1ccc(Br)c(-n2c(N)c3c(cc2=O)C(=O)NC3=O)c1-c1ccccc1O. The number of carbonyl (C=O) groups is 2. The second kappa shape index (κ2) is 6.78. The number of aromatic hydroxyl groups is 1. The summed E-state index contributed by atoms with van der Waals surface area (Å²) in [5, 5.41) is 12.6. The molecule has 1 aromatic heterocycles. The van der Waals surface area contributed by atoms with Crippen LogP contribution in [0.25, 0.3) is 16.8 Å². The Morgan fingerprint density at radius 1 is 1.03 bits per heavy atom. The van der Waals surface area contributed by atoms with Crippen LogP contribution in [0.2, 0.25) is 0 Å². The van der Waals surface area contributed by atoms with Crippen molar-refractivity contribution in [1.29, 1.82) is 0 Å². The van der Waals surface area contributed by atoms with Crippen molar-refractivity contribution < 1.29 is 19.4 Å². The zero-order chi connectivity index (χ0) is 20.9. The van der Waals surface area contributed by atoms with Crippen LogP contribution in [0.1, 0.15) is 20.7 Å². The van der Waals surface area contributed by atoms with Crippen LogP contribution in [-0.4, -0.2) is 28.6 Å². The van der Waals surface area contributed by atoms with Gasteiger partial charge >= 0.3 is 0 Å². The van der Waals surface area contributed by atoms with Gasteiger partial charge in [-0.15, -0.1) is 0 Å². The molecule has 2 heterocycles. The van der Waals surface area contributed by atoms with Gasteiger partial charge in [-0.3, -0.25) is 24.3 Å². The molecule has 1 aliphatic heterocycles. The topological polar surface area (TPSA) is 124 Å². The number of rotatable bonds is 3. The fourth-order valence-electron chi connectivity index (χ4n) is 3.39. The number of hydrogen-bond donors (Lipinski definition) is 3. The first kappa shape index (κ1) is 18.8. The smallest absolute Gasteiger partial charge is 0.262 e. The molecule has 0 bridgehead atoms. The summed E-state index contributed by atoms with van der Waals surface area (Å²) in [4.78, 5) is 37.1. The minimum absolute atomic E-state index is 0.0362. The highest BCUT2D eigenvalue weighted by Crippen LogP contribution is 2.43. The average Bonchev–Trinajstić information content (AvgIpc) is 2.97. The van der Waals surface area contributed by atoms with Crippen molar-refractivity contribution in [2.75, 3.05) is 12.8 Å². The molecule has 146 valence electrons. The van der Waals surface area contributed by atoms with Gasteiger partial charge in [0, 0.05) is 16.1 Å². The Bertz CT molecular complexity index is 1270. The number of hydrogen-bond acceptors (Lipinski definition) is 6. The van der Waals surface area contributed by atoms with Crippen LogP contribution >= 0.6 is 15.9 Å². The summed E-state index contributed by atoms with van der Waals surface area (Å²) in [5.41, 5.74) is 6.48. The van der Waals surface area contributed by atoms with Crippen molar-refractivity contribution in [2.45, 2.75) is 0 Å². The first-order chi connectivity index (χ1) is 13.8. The molecule has 0 fully saturated rings. The van der Waals surface area contributed by atoms with Crippen LogP contribution < -0.4 is 21.3 Å². The molecule has 0 aliphatic carbocycles. The number of phenols is 1. The Morgan fingerprint density at radius 2 is 1.76 bits per heavy atom. The van der Waals surface area contributed by atoms with Crippen LogP contribution in [0.4, 0.5) is 5.82 Å². The van der Waals surface area contributed by atoms with Gasteiger partial charge in [0.25, 0.3) is 17.4 Å². The molecular weight excluding hydrogens is 442 g/mol. The number of para-hydroxylation sites is 1. The van der Waals surface area contributed by atoms with E-state index in [0.717, 1.165) is 10.6 Å². The van der Waals surface area contributed by atoms with Gasteiger partial charge in [-0.1, -0.05) is 18.2 Å². The highest BCUT2D eigenvalue weighted by atomic mass is 79.9. The zero-order valence-electron chi connectivity index (χ0n) is 15.0. The quantitative estimate of drug-likeness (QED) is 0.521. The van der Waals surface area contributed by atoms with Crippen LogP contribution in [0.15, 0.2) is 51.7 Å².